The molecule has 1 N–H and O–H groups in total. The van der Waals surface area contributed by atoms with E-state index in [4.69, 9.17) is 0 Å². The quantitative estimate of drug-likeness (QED) is 0.818. The molecule has 20 heavy (non-hydrogen) atoms. The van der Waals surface area contributed by atoms with Crippen molar-refractivity contribution >= 4 is 22.6 Å². The number of benzene rings is 1. The molecule has 2 aromatic rings. The molecule has 1 aromatic heterocycles. The number of aromatic nitrogens is 1. The molecule has 0 aliphatic rings. The van der Waals surface area contributed by atoms with Gasteiger partial charge in [0.05, 0.1) is 11.2 Å². The molecule has 2 rings (SSSR count). The van der Waals surface area contributed by atoms with Crippen molar-refractivity contribution < 1.29 is 9.90 Å². The smallest absolute Gasteiger partial charge is 0.339 e. The van der Waals surface area contributed by atoms with Crippen molar-refractivity contribution in [2.24, 2.45) is 0 Å². The fourth-order valence-corrected chi connectivity index (χ4v) is 2.34. The number of carboxylic acid groups (broad SMARTS) is 1. The first-order chi connectivity index (χ1) is 9.69. The zero-order chi connectivity index (χ0) is 14.5. The minimum Gasteiger partial charge on any atom is -0.478 e. The number of hydrogen-bond acceptors (Lipinski definition) is 3. The number of pyridine rings is 1. The van der Waals surface area contributed by atoms with Gasteiger partial charge in [-0.2, -0.15) is 0 Å². The van der Waals surface area contributed by atoms with Gasteiger partial charge in [0, 0.05) is 24.7 Å². The summed E-state index contributed by atoms with van der Waals surface area (Å²) in [5.41, 5.74) is 1.77. The molecule has 0 spiro atoms. The third-order valence-corrected chi connectivity index (χ3v) is 3.14. The van der Waals surface area contributed by atoms with Crippen LogP contribution in [0.2, 0.25) is 0 Å². The second kappa shape index (κ2) is 6.19. The van der Waals surface area contributed by atoms with E-state index in [1.165, 1.54) is 6.20 Å². The molecule has 0 atom stereocenters. The average Bonchev–Trinajstić information content (AvgIpc) is 2.45. The van der Waals surface area contributed by atoms with Crippen LogP contribution in [0.3, 0.4) is 0 Å². The molecule has 0 aliphatic carbocycles. The van der Waals surface area contributed by atoms with Crippen LogP contribution in [0.1, 0.15) is 23.7 Å². The predicted molar refractivity (Wildman–Crippen MR) is 81.4 cm³/mol. The number of carbonyl (C=O) groups is 1. The first-order valence-electron chi connectivity index (χ1n) is 6.66. The van der Waals surface area contributed by atoms with E-state index in [0.29, 0.717) is 6.54 Å². The van der Waals surface area contributed by atoms with E-state index in [2.05, 4.69) is 18.5 Å². The zero-order valence-electron chi connectivity index (χ0n) is 11.5. The van der Waals surface area contributed by atoms with Crippen LogP contribution in [0.4, 0.5) is 5.69 Å². The summed E-state index contributed by atoms with van der Waals surface area (Å²) in [4.78, 5) is 17.8. The third kappa shape index (κ3) is 2.64. The number of para-hydroxylation sites is 1. The Bertz CT molecular complexity index is 637. The van der Waals surface area contributed by atoms with Crippen molar-refractivity contribution in [1.82, 2.24) is 4.98 Å². The molecule has 0 aliphatic heterocycles. The zero-order valence-corrected chi connectivity index (χ0v) is 11.5. The lowest BCUT2D eigenvalue weighted by Gasteiger charge is -2.25. The highest BCUT2D eigenvalue weighted by atomic mass is 16.4. The number of fused-ring (bicyclic) bond motifs is 1. The van der Waals surface area contributed by atoms with Crippen molar-refractivity contribution in [2.75, 3.05) is 18.0 Å². The van der Waals surface area contributed by atoms with Gasteiger partial charge in [-0.15, -0.1) is 6.58 Å². The fraction of sp³-hybridized carbons (Fsp3) is 0.250. The SMILES string of the molecule is C=CCN(CCC)c1c(C(=O)O)cnc2ccccc12. The van der Waals surface area contributed by atoms with E-state index in [9.17, 15) is 9.90 Å². The molecule has 4 nitrogen and oxygen atoms in total. The van der Waals surface area contributed by atoms with Crippen LogP contribution in [0.15, 0.2) is 43.1 Å². The monoisotopic (exact) mass is 270 g/mol. The van der Waals surface area contributed by atoms with Crippen molar-refractivity contribution in [1.29, 1.82) is 0 Å². The Balaban J connectivity index is 2.70. The molecule has 0 saturated heterocycles. The largest absolute Gasteiger partial charge is 0.478 e. The highest BCUT2D eigenvalue weighted by Gasteiger charge is 2.18. The Morgan fingerprint density at radius 3 is 2.85 bits per heavy atom. The van der Waals surface area contributed by atoms with Gasteiger partial charge in [0.2, 0.25) is 0 Å². The summed E-state index contributed by atoms with van der Waals surface area (Å²) in [5, 5.41) is 10.3. The molecule has 0 fully saturated rings. The summed E-state index contributed by atoms with van der Waals surface area (Å²) in [6, 6.07) is 7.60. The van der Waals surface area contributed by atoms with Crippen LogP contribution < -0.4 is 4.90 Å². The van der Waals surface area contributed by atoms with Gasteiger partial charge < -0.3 is 10.0 Å². The lowest BCUT2D eigenvalue weighted by molar-refractivity contribution is 0.0697. The van der Waals surface area contributed by atoms with Gasteiger partial charge in [0.15, 0.2) is 0 Å². The van der Waals surface area contributed by atoms with Gasteiger partial charge in [0.1, 0.15) is 5.56 Å². The van der Waals surface area contributed by atoms with Crippen LogP contribution in [-0.2, 0) is 0 Å². The minimum absolute atomic E-state index is 0.235. The fourth-order valence-electron chi connectivity index (χ4n) is 2.34. The number of hydrogen-bond donors (Lipinski definition) is 1. The first-order valence-corrected chi connectivity index (χ1v) is 6.66. The van der Waals surface area contributed by atoms with Crippen molar-refractivity contribution in [2.45, 2.75) is 13.3 Å². The Kier molecular flexibility index (Phi) is 4.35. The lowest BCUT2D eigenvalue weighted by atomic mass is 10.1. The van der Waals surface area contributed by atoms with E-state index < -0.39 is 5.97 Å². The number of rotatable bonds is 6. The second-order valence-corrected chi connectivity index (χ2v) is 4.58. The van der Waals surface area contributed by atoms with Crippen molar-refractivity contribution in [3.63, 3.8) is 0 Å². The molecule has 1 aromatic carbocycles. The first kappa shape index (κ1) is 14.1. The van der Waals surface area contributed by atoms with E-state index in [1.807, 2.05) is 29.2 Å². The summed E-state index contributed by atoms with van der Waals surface area (Å²) >= 11 is 0. The molecular formula is C16H18N2O2. The maximum Gasteiger partial charge on any atom is 0.339 e. The summed E-state index contributed by atoms with van der Waals surface area (Å²) in [6.07, 6.45) is 4.16. The molecule has 0 unspecified atom stereocenters. The van der Waals surface area contributed by atoms with Crippen molar-refractivity contribution in [3.05, 3.63) is 48.7 Å². The number of nitrogens with zero attached hydrogens (tertiary/aromatic N) is 2. The molecule has 104 valence electrons. The molecular weight excluding hydrogens is 252 g/mol. The summed E-state index contributed by atoms with van der Waals surface area (Å²) < 4.78 is 0. The highest BCUT2D eigenvalue weighted by molar-refractivity contribution is 6.04. The summed E-state index contributed by atoms with van der Waals surface area (Å²) in [6.45, 7) is 7.22. The van der Waals surface area contributed by atoms with Gasteiger partial charge in [-0.3, -0.25) is 4.98 Å². The van der Waals surface area contributed by atoms with Crippen LogP contribution in [0.25, 0.3) is 10.9 Å². The normalized spacial score (nSPS) is 10.4. The van der Waals surface area contributed by atoms with Crippen molar-refractivity contribution in [3.8, 4) is 0 Å². The lowest BCUT2D eigenvalue weighted by Crippen LogP contribution is -2.26. The Labute approximate surface area is 118 Å². The Morgan fingerprint density at radius 2 is 2.20 bits per heavy atom. The molecule has 0 bridgehead atoms. The Hall–Kier alpha value is -2.36. The van der Waals surface area contributed by atoms with E-state index >= 15 is 0 Å². The van der Waals surface area contributed by atoms with E-state index in [0.717, 1.165) is 29.6 Å². The Morgan fingerprint density at radius 1 is 1.45 bits per heavy atom. The number of carboxylic acids is 1. The van der Waals surface area contributed by atoms with Crippen LogP contribution >= 0.6 is 0 Å². The average molecular weight is 270 g/mol. The topological polar surface area (TPSA) is 53.4 Å². The van der Waals surface area contributed by atoms with Gasteiger partial charge in [-0.05, 0) is 12.5 Å². The molecule has 4 heteroatoms. The van der Waals surface area contributed by atoms with Gasteiger partial charge in [0.25, 0.3) is 0 Å². The number of aromatic carboxylic acids is 1. The standard InChI is InChI=1S/C16H18N2O2/c1-3-9-18(10-4-2)15-12-7-5-6-8-14(12)17-11-13(15)16(19)20/h3,5-8,11H,1,4,9-10H2,2H3,(H,19,20). The van der Waals surface area contributed by atoms with E-state index in [-0.39, 0.29) is 5.56 Å². The van der Waals surface area contributed by atoms with Crippen LogP contribution in [-0.4, -0.2) is 29.1 Å². The van der Waals surface area contributed by atoms with Gasteiger partial charge >= 0.3 is 5.97 Å². The molecule has 0 saturated carbocycles. The maximum absolute atomic E-state index is 11.5. The van der Waals surface area contributed by atoms with Crippen LogP contribution in [0, 0.1) is 0 Å². The number of anilines is 1. The molecule has 0 amide bonds. The second-order valence-electron chi connectivity index (χ2n) is 4.58. The summed E-state index contributed by atoms with van der Waals surface area (Å²) in [7, 11) is 0. The van der Waals surface area contributed by atoms with Gasteiger partial charge in [-0.25, -0.2) is 4.79 Å². The van der Waals surface area contributed by atoms with Crippen LogP contribution in [0.5, 0.6) is 0 Å². The maximum atomic E-state index is 11.5. The highest BCUT2D eigenvalue weighted by Crippen LogP contribution is 2.29. The molecule has 0 radical (unpaired) electrons. The van der Waals surface area contributed by atoms with Gasteiger partial charge in [-0.1, -0.05) is 31.2 Å². The van der Waals surface area contributed by atoms with E-state index in [1.54, 1.807) is 6.08 Å². The summed E-state index contributed by atoms with van der Waals surface area (Å²) in [5.74, 6) is -0.955. The third-order valence-electron chi connectivity index (χ3n) is 3.14. The molecule has 1 heterocycles. The minimum atomic E-state index is -0.955. The predicted octanol–water partition coefficient (Wildman–Crippen LogP) is 3.34.